The minimum absolute atomic E-state index is 0.129. The second-order valence-corrected chi connectivity index (χ2v) is 6.38. The highest BCUT2D eigenvalue weighted by molar-refractivity contribution is 5.80. The van der Waals surface area contributed by atoms with Gasteiger partial charge >= 0.3 is 0 Å². The van der Waals surface area contributed by atoms with Gasteiger partial charge in [0, 0.05) is 44.9 Å². The molecule has 0 atom stereocenters. The van der Waals surface area contributed by atoms with Crippen LogP contribution in [0.2, 0.25) is 0 Å². The number of carbonyl (C=O) groups excluding carboxylic acids is 1. The van der Waals surface area contributed by atoms with Gasteiger partial charge in [0.1, 0.15) is 0 Å². The number of carbonyl (C=O) groups is 1. The van der Waals surface area contributed by atoms with E-state index in [-0.39, 0.29) is 5.91 Å². The molecule has 1 amide bonds. The molecule has 1 aliphatic rings. The van der Waals surface area contributed by atoms with Gasteiger partial charge in [-0.25, -0.2) is 9.98 Å². The summed E-state index contributed by atoms with van der Waals surface area (Å²) in [6.45, 7) is 7.80. The SMILES string of the molecule is CCNC(=NCc1cccnc1OCC)N1CCC(CC(=O)NC)CC1. The molecule has 0 radical (unpaired) electrons. The minimum atomic E-state index is 0.129. The lowest BCUT2D eigenvalue weighted by Gasteiger charge is -2.34. The Morgan fingerprint density at radius 3 is 2.81 bits per heavy atom. The van der Waals surface area contributed by atoms with Crippen molar-refractivity contribution in [2.75, 3.05) is 33.3 Å². The van der Waals surface area contributed by atoms with Crippen molar-refractivity contribution in [1.82, 2.24) is 20.5 Å². The number of hydrogen-bond acceptors (Lipinski definition) is 4. The fraction of sp³-hybridized carbons (Fsp3) is 0.632. The van der Waals surface area contributed by atoms with Crippen molar-refractivity contribution < 1.29 is 9.53 Å². The van der Waals surface area contributed by atoms with E-state index in [9.17, 15) is 4.79 Å². The first-order valence-electron chi connectivity index (χ1n) is 9.48. The molecule has 1 aromatic rings. The van der Waals surface area contributed by atoms with Gasteiger partial charge in [-0.1, -0.05) is 6.07 Å². The molecule has 0 spiro atoms. The Kier molecular flexibility index (Phi) is 8.18. The molecule has 2 N–H and O–H groups in total. The van der Waals surface area contributed by atoms with Gasteiger partial charge in [0.05, 0.1) is 13.2 Å². The maximum Gasteiger partial charge on any atom is 0.220 e. The predicted octanol–water partition coefficient (Wildman–Crippen LogP) is 1.79. The van der Waals surface area contributed by atoms with Gasteiger partial charge in [-0.05, 0) is 38.7 Å². The Labute approximate surface area is 156 Å². The summed E-state index contributed by atoms with van der Waals surface area (Å²) in [7, 11) is 1.70. The minimum Gasteiger partial charge on any atom is -0.478 e. The molecular weight excluding hydrogens is 330 g/mol. The van der Waals surface area contributed by atoms with Crippen LogP contribution in [-0.2, 0) is 11.3 Å². The van der Waals surface area contributed by atoms with Crippen LogP contribution in [-0.4, -0.2) is 55.0 Å². The standard InChI is InChI=1S/C19H31N5O2/c1-4-21-19(23-14-16-7-6-10-22-18(16)26-5-2)24-11-8-15(9-12-24)13-17(25)20-3/h6-7,10,15H,4-5,8-9,11-14H2,1-3H3,(H,20,25)(H,21,23). The number of aliphatic imine (C=N–C) groups is 1. The van der Waals surface area contributed by atoms with E-state index in [1.165, 1.54) is 0 Å². The van der Waals surface area contributed by atoms with Crippen LogP contribution in [0.4, 0.5) is 0 Å². The molecule has 0 unspecified atom stereocenters. The lowest BCUT2D eigenvalue weighted by Crippen LogP contribution is -2.46. The van der Waals surface area contributed by atoms with Gasteiger partial charge < -0.3 is 20.3 Å². The zero-order chi connectivity index (χ0) is 18.8. The van der Waals surface area contributed by atoms with Crippen LogP contribution in [0.1, 0.15) is 38.7 Å². The Balaban J connectivity index is 1.98. The largest absolute Gasteiger partial charge is 0.478 e. The third kappa shape index (κ3) is 5.89. The van der Waals surface area contributed by atoms with Gasteiger partial charge in [0.25, 0.3) is 0 Å². The molecule has 0 aliphatic carbocycles. The Morgan fingerprint density at radius 2 is 2.15 bits per heavy atom. The van der Waals surface area contributed by atoms with Crippen LogP contribution in [0.25, 0.3) is 0 Å². The molecule has 1 saturated heterocycles. The first-order valence-corrected chi connectivity index (χ1v) is 9.48. The zero-order valence-corrected chi connectivity index (χ0v) is 16.1. The highest BCUT2D eigenvalue weighted by Gasteiger charge is 2.23. The molecule has 26 heavy (non-hydrogen) atoms. The summed E-state index contributed by atoms with van der Waals surface area (Å²) >= 11 is 0. The summed E-state index contributed by atoms with van der Waals surface area (Å²) < 4.78 is 5.58. The van der Waals surface area contributed by atoms with Crippen LogP contribution in [0.5, 0.6) is 5.88 Å². The summed E-state index contributed by atoms with van der Waals surface area (Å²) in [6.07, 6.45) is 4.37. The summed E-state index contributed by atoms with van der Waals surface area (Å²) in [5, 5.41) is 6.09. The lowest BCUT2D eigenvalue weighted by molar-refractivity contribution is -0.121. The number of aromatic nitrogens is 1. The second kappa shape index (κ2) is 10.6. The molecule has 1 aliphatic heterocycles. The van der Waals surface area contributed by atoms with Gasteiger partial charge in [0.2, 0.25) is 11.8 Å². The molecule has 1 aromatic heterocycles. The van der Waals surface area contributed by atoms with Crippen molar-refractivity contribution in [1.29, 1.82) is 0 Å². The molecule has 1 fully saturated rings. The van der Waals surface area contributed by atoms with E-state index < -0.39 is 0 Å². The van der Waals surface area contributed by atoms with Crippen LogP contribution in [0.15, 0.2) is 23.3 Å². The van der Waals surface area contributed by atoms with E-state index in [0.717, 1.165) is 44.0 Å². The Morgan fingerprint density at radius 1 is 1.38 bits per heavy atom. The number of guanidine groups is 1. The quantitative estimate of drug-likeness (QED) is 0.572. The van der Waals surface area contributed by atoms with Crippen LogP contribution in [0, 0.1) is 5.92 Å². The van der Waals surface area contributed by atoms with E-state index in [4.69, 9.17) is 9.73 Å². The molecule has 7 heteroatoms. The number of nitrogens with one attached hydrogen (secondary N) is 2. The number of likely N-dealkylation sites (tertiary alicyclic amines) is 1. The number of piperidine rings is 1. The fourth-order valence-corrected chi connectivity index (χ4v) is 3.11. The van der Waals surface area contributed by atoms with Gasteiger partial charge in [-0.3, -0.25) is 4.79 Å². The van der Waals surface area contributed by atoms with Crippen molar-refractivity contribution in [3.63, 3.8) is 0 Å². The van der Waals surface area contributed by atoms with Crippen molar-refractivity contribution >= 4 is 11.9 Å². The number of nitrogens with zero attached hydrogens (tertiary/aromatic N) is 3. The molecule has 0 saturated carbocycles. The van der Waals surface area contributed by atoms with E-state index >= 15 is 0 Å². The lowest BCUT2D eigenvalue weighted by atomic mass is 9.93. The van der Waals surface area contributed by atoms with Crippen LogP contribution in [0.3, 0.4) is 0 Å². The van der Waals surface area contributed by atoms with Crippen molar-refractivity contribution in [3.8, 4) is 5.88 Å². The van der Waals surface area contributed by atoms with E-state index in [1.807, 2.05) is 19.1 Å². The maximum absolute atomic E-state index is 11.6. The van der Waals surface area contributed by atoms with Crippen molar-refractivity contribution in [3.05, 3.63) is 23.9 Å². The summed E-state index contributed by atoms with van der Waals surface area (Å²) in [5.41, 5.74) is 0.985. The number of rotatable bonds is 7. The average molecular weight is 361 g/mol. The molecular formula is C19H31N5O2. The summed E-state index contributed by atoms with van der Waals surface area (Å²) in [5.74, 6) is 2.15. The highest BCUT2D eigenvalue weighted by Crippen LogP contribution is 2.21. The summed E-state index contributed by atoms with van der Waals surface area (Å²) in [4.78, 5) is 22.9. The predicted molar refractivity (Wildman–Crippen MR) is 103 cm³/mol. The van der Waals surface area contributed by atoms with Gasteiger partial charge in [-0.2, -0.15) is 0 Å². The number of ether oxygens (including phenoxy) is 1. The first kappa shape index (κ1) is 20.0. The molecule has 2 rings (SSSR count). The van der Waals surface area contributed by atoms with E-state index in [0.29, 0.717) is 31.4 Å². The maximum atomic E-state index is 11.6. The first-order chi connectivity index (χ1) is 12.7. The molecule has 2 heterocycles. The zero-order valence-electron chi connectivity index (χ0n) is 16.1. The second-order valence-electron chi connectivity index (χ2n) is 6.38. The molecule has 7 nitrogen and oxygen atoms in total. The average Bonchev–Trinajstić information content (AvgIpc) is 2.67. The number of amides is 1. The van der Waals surface area contributed by atoms with Crippen molar-refractivity contribution in [2.24, 2.45) is 10.9 Å². The van der Waals surface area contributed by atoms with Crippen LogP contribution < -0.4 is 15.4 Å². The normalized spacial score (nSPS) is 15.7. The van der Waals surface area contributed by atoms with Crippen molar-refractivity contribution in [2.45, 2.75) is 39.7 Å². The highest BCUT2D eigenvalue weighted by atomic mass is 16.5. The molecule has 144 valence electrons. The third-order valence-corrected chi connectivity index (χ3v) is 4.53. The monoisotopic (exact) mass is 361 g/mol. The van der Waals surface area contributed by atoms with Crippen LogP contribution >= 0.6 is 0 Å². The van der Waals surface area contributed by atoms with E-state index in [2.05, 4.69) is 27.4 Å². The Hall–Kier alpha value is -2.31. The number of hydrogen-bond donors (Lipinski definition) is 2. The topological polar surface area (TPSA) is 78.9 Å². The van der Waals surface area contributed by atoms with Gasteiger partial charge in [-0.15, -0.1) is 0 Å². The summed E-state index contributed by atoms with van der Waals surface area (Å²) in [6, 6.07) is 3.91. The Bertz CT molecular complexity index is 597. The smallest absolute Gasteiger partial charge is 0.220 e. The fourth-order valence-electron chi connectivity index (χ4n) is 3.11. The van der Waals surface area contributed by atoms with E-state index in [1.54, 1.807) is 13.2 Å². The third-order valence-electron chi connectivity index (χ3n) is 4.53. The van der Waals surface area contributed by atoms with Gasteiger partial charge in [0.15, 0.2) is 5.96 Å². The number of pyridine rings is 1. The molecule has 0 bridgehead atoms. The molecule has 0 aromatic carbocycles.